The Balaban J connectivity index is 2.62. The van der Waals surface area contributed by atoms with Crippen LogP contribution in [0.4, 0.5) is 17.2 Å². The first-order valence-corrected chi connectivity index (χ1v) is 10.0. The van der Waals surface area contributed by atoms with Crippen molar-refractivity contribution in [3.05, 3.63) is 33.0 Å². The van der Waals surface area contributed by atoms with E-state index in [0.29, 0.717) is 22.0 Å². The molecule has 0 aliphatic carbocycles. The monoisotopic (exact) mass is 403 g/mol. The zero-order valence-corrected chi connectivity index (χ0v) is 15.9. The van der Waals surface area contributed by atoms with Crippen LogP contribution >= 0.6 is 22.9 Å². The summed E-state index contributed by atoms with van der Waals surface area (Å²) in [7, 11) is -2.09. The van der Waals surface area contributed by atoms with Gasteiger partial charge in [0.25, 0.3) is 0 Å². The standard InChI is InChI=1S/C14H14ClN3O5S2/c1-4-23-13(19)11-12(16-14(24-11)25(3,21)22)18(2)10-6-5-8(15)7-9(10)17-20/h5-7H,4H2,1-3H3. The molecular weight excluding hydrogens is 390 g/mol. The predicted molar refractivity (Wildman–Crippen MR) is 96.2 cm³/mol. The third kappa shape index (κ3) is 4.14. The van der Waals surface area contributed by atoms with Gasteiger partial charge in [-0.2, -0.15) is 0 Å². The molecule has 0 spiro atoms. The van der Waals surface area contributed by atoms with Crippen LogP contribution in [0.15, 0.2) is 27.7 Å². The van der Waals surface area contributed by atoms with Crippen LogP contribution in [-0.4, -0.2) is 39.3 Å². The summed E-state index contributed by atoms with van der Waals surface area (Å²) >= 11 is 6.55. The first-order valence-electron chi connectivity index (χ1n) is 6.93. The van der Waals surface area contributed by atoms with Crippen molar-refractivity contribution in [3.63, 3.8) is 0 Å². The second-order valence-electron chi connectivity index (χ2n) is 4.91. The van der Waals surface area contributed by atoms with Crippen LogP contribution in [0.1, 0.15) is 16.6 Å². The summed E-state index contributed by atoms with van der Waals surface area (Å²) in [6.07, 6.45) is 0.991. The summed E-state index contributed by atoms with van der Waals surface area (Å²) < 4.78 is 28.3. The molecule has 11 heteroatoms. The number of nitroso groups, excluding NO2 is 1. The van der Waals surface area contributed by atoms with Crippen molar-refractivity contribution < 1.29 is 17.9 Å². The second kappa shape index (κ2) is 7.46. The number of sulfone groups is 1. The minimum absolute atomic E-state index is 0.0107. The average Bonchev–Trinajstić information content (AvgIpc) is 3.00. The van der Waals surface area contributed by atoms with Gasteiger partial charge in [-0.25, -0.2) is 18.2 Å². The maximum absolute atomic E-state index is 12.2. The van der Waals surface area contributed by atoms with Gasteiger partial charge in [0.15, 0.2) is 10.7 Å². The normalized spacial score (nSPS) is 11.2. The number of esters is 1. The van der Waals surface area contributed by atoms with E-state index in [1.807, 2.05) is 0 Å². The van der Waals surface area contributed by atoms with Crippen molar-refractivity contribution >= 4 is 55.9 Å². The van der Waals surface area contributed by atoms with Crippen LogP contribution in [0.5, 0.6) is 0 Å². The Morgan fingerprint density at radius 3 is 2.68 bits per heavy atom. The lowest BCUT2D eigenvalue weighted by Crippen LogP contribution is -2.15. The van der Waals surface area contributed by atoms with Crippen LogP contribution in [0.3, 0.4) is 0 Å². The topological polar surface area (TPSA) is 106 Å². The third-order valence-corrected chi connectivity index (χ3v) is 6.02. The molecule has 1 aromatic carbocycles. The fraction of sp³-hybridized carbons (Fsp3) is 0.286. The Morgan fingerprint density at radius 2 is 2.12 bits per heavy atom. The van der Waals surface area contributed by atoms with Crippen molar-refractivity contribution in [2.45, 2.75) is 11.3 Å². The molecule has 0 amide bonds. The van der Waals surface area contributed by atoms with Crippen molar-refractivity contribution in [2.24, 2.45) is 5.18 Å². The molecule has 0 N–H and O–H groups in total. The number of benzene rings is 1. The van der Waals surface area contributed by atoms with Crippen molar-refractivity contribution in [2.75, 3.05) is 24.8 Å². The van der Waals surface area contributed by atoms with Gasteiger partial charge in [0, 0.05) is 18.3 Å². The Bertz CT molecular complexity index is 927. The summed E-state index contributed by atoms with van der Waals surface area (Å²) in [5.74, 6) is -0.651. The molecule has 1 heterocycles. The number of hydrogen-bond donors (Lipinski definition) is 0. The Morgan fingerprint density at radius 1 is 1.44 bits per heavy atom. The van der Waals surface area contributed by atoms with Crippen molar-refractivity contribution in [1.82, 2.24) is 4.98 Å². The third-order valence-electron chi connectivity index (χ3n) is 3.08. The molecule has 2 aromatic rings. The Kier molecular flexibility index (Phi) is 5.76. The summed E-state index contributed by atoms with van der Waals surface area (Å²) in [5.41, 5.74) is 0.342. The number of thiazole rings is 1. The smallest absolute Gasteiger partial charge is 0.352 e. The van der Waals surface area contributed by atoms with Crippen molar-refractivity contribution in [1.29, 1.82) is 0 Å². The molecular formula is C14H14ClN3O5S2. The SMILES string of the molecule is CCOC(=O)c1sc(S(C)(=O)=O)nc1N(C)c1ccc(Cl)cc1N=O. The van der Waals surface area contributed by atoms with Crippen LogP contribution in [0.2, 0.25) is 5.02 Å². The molecule has 0 saturated carbocycles. The fourth-order valence-corrected chi connectivity index (χ4v) is 3.97. The molecule has 0 aliphatic rings. The highest BCUT2D eigenvalue weighted by atomic mass is 35.5. The van der Waals surface area contributed by atoms with E-state index in [1.54, 1.807) is 6.92 Å². The van der Waals surface area contributed by atoms with E-state index < -0.39 is 15.8 Å². The highest BCUT2D eigenvalue weighted by Crippen LogP contribution is 2.38. The van der Waals surface area contributed by atoms with Gasteiger partial charge in [0.2, 0.25) is 14.2 Å². The van der Waals surface area contributed by atoms with Gasteiger partial charge in [0.05, 0.1) is 12.3 Å². The largest absolute Gasteiger partial charge is 0.462 e. The van der Waals surface area contributed by atoms with Crippen LogP contribution in [0.25, 0.3) is 0 Å². The van der Waals surface area contributed by atoms with Crippen LogP contribution in [-0.2, 0) is 14.6 Å². The number of halogens is 1. The average molecular weight is 404 g/mol. The number of hydrogen-bond acceptors (Lipinski definition) is 9. The number of nitrogens with zero attached hydrogens (tertiary/aromatic N) is 3. The lowest BCUT2D eigenvalue weighted by molar-refractivity contribution is 0.0532. The van der Waals surface area contributed by atoms with Crippen molar-refractivity contribution in [3.8, 4) is 0 Å². The molecule has 2 rings (SSSR count). The fourth-order valence-electron chi connectivity index (χ4n) is 1.98. The lowest BCUT2D eigenvalue weighted by atomic mass is 10.2. The molecule has 25 heavy (non-hydrogen) atoms. The zero-order chi connectivity index (χ0) is 18.8. The number of carbonyl (C=O) groups is 1. The van der Waals surface area contributed by atoms with Crippen LogP contribution < -0.4 is 4.90 Å². The maximum Gasteiger partial charge on any atom is 0.352 e. The summed E-state index contributed by atoms with van der Waals surface area (Å²) in [6.45, 7) is 1.75. The first kappa shape index (κ1) is 19.3. The molecule has 1 aromatic heterocycles. The van der Waals surface area contributed by atoms with Gasteiger partial charge in [-0.1, -0.05) is 22.9 Å². The maximum atomic E-state index is 12.2. The van der Waals surface area contributed by atoms with E-state index in [4.69, 9.17) is 16.3 Å². The Hall–Kier alpha value is -2.04. The number of rotatable bonds is 6. The molecule has 0 radical (unpaired) electrons. The predicted octanol–water partition coefficient (Wildman–Crippen LogP) is 3.54. The molecule has 134 valence electrons. The summed E-state index contributed by atoms with van der Waals surface area (Å²) in [6, 6.07) is 4.41. The number of carbonyl (C=O) groups excluding carboxylic acids is 1. The minimum atomic E-state index is -3.62. The molecule has 0 fully saturated rings. The van der Waals surface area contributed by atoms with E-state index >= 15 is 0 Å². The number of anilines is 2. The van der Waals surface area contributed by atoms with Gasteiger partial charge in [-0.05, 0) is 30.3 Å². The lowest BCUT2D eigenvalue weighted by Gasteiger charge is -2.19. The molecule has 0 unspecified atom stereocenters. The molecule has 0 bridgehead atoms. The molecule has 8 nitrogen and oxygen atoms in total. The van der Waals surface area contributed by atoms with E-state index in [9.17, 15) is 18.1 Å². The van der Waals surface area contributed by atoms with Crippen LogP contribution in [0, 0.1) is 4.91 Å². The Labute approximate surface area is 153 Å². The zero-order valence-electron chi connectivity index (χ0n) is 13.5. The second-order valence-corrected chi connectivity index (χ2v) is 8.53. The van der Waals surface area contributed by atoms with E-state index in [-0.39, 0.29) is 27.3 Å². The summed E-state index contributed by atoms with van der Waals surface area (Å²) in [5, 5.41) is 3.22. The molecule has 0 atom stereocenters. The van der Waals surface area contributed by atoms with Gasteiger partial charge in [-0.3, -0.25) is 0 Å². The summed E-state index contributed by atoms with van der Waals surface area (Å²) in [4.78, 5) is 28.7. The van der Waals surface area contributed by atoms with Gasteiger partial charge < -0.3 is 9.64 Å². The van der Waals surface area contributed by atoms with E-state index in [0.717, 1.165) is 6.26 Å². The highest BCUT2D eigenvalue weighted by molar-refractivity contribution is 7.92. The highest BCUT2D eigenvalue weighted by Gasteiger charge is 2.27. The van der Waals surface area contributed by atoms with Gasteiger partial charge in [-0.15, -0.1) is 4.91 Å². The van der Waals surface area contributed by atoms with Gasteiger partial charge >= 0.3 is 5.97 Å². The van der Waals surface area contributed by atoms with E-state index in [2.05, 4.69) is 10.2 Å². The number of ether oxygens (including phenoxy) is 1. The molecule has 0 saturated heterocycles. The van der Waals surface area contributed by atoms with Gasteiger partial charge in [0.1, 0.15) is 5.69 Å². The minimum Gasteiger partial charge on any atom is -0.462 e. The van der Waals surface area contributed by atoms with E-state index in [1.165, 1.54) is 30.1 Å². The first-order chi connectivity index (χ1) is 11.7. The molecule has 0 aliphatic heterocycles. The number of aromatic nitrogens is 1. The quantitative estimate of drug-likeness (QED) is 0.536.